The molecular formula is C36H70CaLiO4+. The zero-order valence-corrected chi connectivity index (χ0v) is 31.2. The van der Waals surface area contributed by atoms with E-state index in [9.17, 15) is 19.8 Å². The third kappa shape index (κ3) is 53.4. The first-order valence-corrected chi connectivity index (χ1v) is 17.9. The van der Waals surface area contributed by atoms with Crippen molar-refractivity contribution in [2.24, 2.45) is 0 Å². The van der Waals surface area contributed by atoms with Gasteiger partial charge in [-0.3, -0.25) is 0 Å². The van der Waals surface area contributed by atoms with Crippen molar-refractivity contribution in [1.82, 2.24) is 0 Å². The van der Waals surface area contributed by atoms with E-state index in [1.807, 2.05) is 0 Å². The predicted molar refractivity (Wildman–Crippen MR) is 175 cm³/mol. The summed E-state index contributed by atoms with van der Waals surface area (Å²) in [5.41, 5.74) is 0. The third-order valence-electron chi connectivity index (χ3n) is 7.97. The smallest absolute Gasteiger partial charge is 0.550 e. The molecule has 0 aliphatic carbocycles. The van der Waals surface area contributed by atoms with E-state index in [1.165, 1.54) is 167 Å². The van der Waals surface area contributed by atoms with Crippen LogP contribution in [0.2, 0.25) is 0 Å². The van der Waals surface area contributed by atoms with Crippen LogP contribution in [-0.4, -0.2) is 49.7 Å². The molecule has 0 saturated carbocycles. The fourth-order valence-electron chi connectivity index (χ4n) is 5.28. The molecule has 4 nitrogen and oxygen atoms in total. The quantitative estimate of drug-likeness (QED) is 0.0631. The molecule has 0 aliphatic heterocycles. The second-order valence-corrected chi connectivity index (χ2v) is 12.1. The average Bonchev–Trinajstić information content (AvgIpc) is 2.93. The minimum absolute atomic E-state index is 0. The van der Waals surface area contributed by atoms with Gasteiger partial charge in [0.05, 0.1) is 0 Å². The molecule has 0 aromatic rings. The Kier molecular flexibility index (Phi) is 54.7. The van der Waals surface area contributed by atoms with Gasteiger partial charge in [0.15, 0.2) is 0 Å². The van der Waals surface area contributed by atoms with Crippen molar-refractivity contribution in [2.75, 3.05) is 0 Å². The van der Waals surface area contributed by atoms with Crippen LogP contribution in [0.3, 0.4) is 0 Å². The molecule has 0 aromatic carbocycles. The summed E-state index contributed by atoms with van der Waals surface area (Å²) in [5, 5.41) is 20.4. The summed E-state index contributed by atoms with van der Waals surface area (Å²) in [7, 11) is 0. The minimum atomic E-state index is -0.903. The summed E-state index contributed by atoms with van der Waals surface area (Å²) in [6.07, 6.45) is 39.7. The zero-order valence-electron chi connectivity index (χ0n) is 29.0. The Hall–Kier alpha value is 0.797. The van der Waals surface area contributed by atoms with Gasteiger partial charge in [-0.1, -0.05) is 194 Å². The van der Waals surface area contributed by atoms with E-state index >= 15 is 0 Å². The number of unbranched alkanes of at least 4 members (excludes halogenated alkanes) is 28. The summed E-state index contributed by atoms with van der Waals surface area (Å²) >= 11 is 0. The van der Waals surface area contributed by atoms with Gasteiger partial charge in [0, 0.05) is 11.9 Å². The molecule has 6 heteroatoms. The van der Waals surface area contributed by atoms with Crippen LogP contribution in [0.25, 0.3) is 0 Å². The largest absolute Gasteiger partial charge is 2.00 e. The number of carbonyl (C=O) groups is 2. The molecule has 0 fully saturated rings. The van der Waals surface area contributed by atoms with Crippen molar-refractivity contribution >= 4 is 49.7 Å². The van der Waals surface area contributed by atoms with Crippen molar-refractivity contribution in [3.8, 4) is 0 Å². The molecule has 0 spiro atoms. The maximum absolute atomic E-state index is 10.2. The van der Waals surface area contributed by atoms with Gasteiger partial charge >= 0.3 is 56.6 Å². The molecule has 0 aromatic heterocycles. The number of aliphatic carboxylic acids is 2. The van der Waals surface area contributed by atoms with Crippen LogP contribution in [0.4, 0.5) is 0 Å². The van der Waals surface area contributed by atoms with E-state index in [0.717, 1.165) is 25.7 Å². The zero-order chi connectivity index (χ0) is 29.8. The molecule has 0 radical (unpaired) electrons. The van der Waals surface area contributed by atoms with Crippen LogP contribution in [0.15, 0.2) is 0 Å². The number of carboxylic acid groups (broad SMARTS) is 2. The van der Waals surface area contributed by atoms with Gasteiger partial charge < -0.3 is 19.8 Å². The van der Waals surface area contributed by atoms with Crippen molar-refractivity contribution in [2.45, 2.75) is 219 Å². The van der Waals surface area contributed by atoms with E-state index in [4.69, 9.17) is 0 Å². The van der Waals surface area contributed by atoms with Gasteiger partial charge in [-0.25, -0.2) is 0 Å². The first kappa shape index (κ1) is 49.7. The molecule has 42 heavy (non-hydrogen) atoms. The van der Waals surface area contributed by atoms with Crippen LogP contribution < -0.4 is 29.1 Å². The molecule has 0 aliphatic rings. The van der Waals surface area contributed by atoms with Crippen LogP contribution in [0.1, 0.15) is 219 Å². The monoisotopic (exact) mass is 614 g/mol. The molecule has 240 valence electrons. The SMILES string of the molecule is CCCCCCCCCCCCCCCCCC(=O)[O-].CCCCCCCCCCCCCCCCCC(=O)[O-].[Ca+2].[Li+]. The molecule has 0 N–H and O–H groups in total. The summed E-state index contributed by atoms with van der Waals surface area (Å²) in [5.74, 6) is -1.81. The van der Waals surface area contributed by atoms with Gasteiger partial charge in [-0.05, 0) is 25.7 Å². The topological polar surface area (TPSA) is 80.3 Å². The van der Waals surface area contributed by atoms with E-state index in [0.29, 0.717) is 0 Å². The van der Waals surface area contributed by atoms with Crippen molar-refractivity contribution < 1.29 is 38.7 Å². The second kappa shape index (κ2) is 46.2. The van der Waals surface area contributed by atoms with Crippen molar-refractivity contribution in [3.63, 3.8) is 0 Å². The van der Waals surface area contributed by atoms with Crippen LogP contribution in [0, 0.1) is 0 Å². The summed E-state index contributed by atoms with van der Waals surface area (Å²) in [4.78, 5) is 20.4. The fourth-order valence-corrected chi connectivity index (χ4v) is 5.28. The standard InChI is InChI=1S/2C18H36O2.Ca.Li/c2*1-2-3-4-5-6-7-8-9-10-11-12-13-14-15-16-17-18(19)20;;/h2*2-17H2,1H3,(H,19,20);;/q;;+2;+1/p-2. The van der Waals surface area contributed by atoms with Gasteiger partial charge in [-0.15, -0.1) is 0 Å². The minimum Gasteiger partial charge on any atom is -0.550 e. The van der Waals surface area contributed by atoms with Gasteiger partial charge in [0.2, 0.25) is 0 Å². The van der Waals surface area contributed by atoms with Crippen LogP contribution in [0.5, 0.6) is 0 Å². The molecule has 0 heterocycles. The normalized spacial score (nSPS) is 10.3. The molecular weight excluding hydrogens is 543 g/mol. The first-order valence-electron chi connectivity index (χ1n) is 17.9. The van der Waals surface area contributed by atoms with E-state index in [1.54, 1.807) is 0 Å². The molecule has 0 bridgehead atoms. The summed E-state index contributed by atoms with van der Waals surface area (Å²) in [6, 6.07) is 0. The molecule has 0 amide bonds. The Bertz CT molecular complexity index is 461. The van der Waals surface area contributed by atoms with Crippen molar-refractivity contribution in [1.29, 1.82) is 0 Å². The molecule has 0 unspecified atom stereocenters. The summed E-state index contributed by atoms with van der Waals surface area (Å²) in [6.45, 7) is 4.53. The van der Waals surface area contributed by atoms with Crippen molar-refractivity contribution in [3.05, 3.63) is 0 Å². The second-order valence-electron chi connectivity index (χ2n) is 12.1. The summed E-state index contributed by atoms with van der Waals surface area (Å²) < 4.78 is 0. The van der Waals surface area contributed by atoms with E-state index in [2.05, 4.69) is 13.8 Å². The number of carboxylic acids is 2. The Morgan fingerprint density at radius 1 is 0.333 bits per heavy atom. The molecule has 0 rings (SSSR count). The van der Waals surface area contributed by atoms with Crippen LogP contribution >= 0.6 is 0 Å². The third-order valence-corrected chi connectivity index (χ3v) is 7.97. The van der Waals surface area contributed by atoms with Crippen LogP contribution in [-0.2, 0) is 9.59 Å². The Morgan fingerprint density at radius 2 is 0.476 bits per heavy atom. The Labute approximate surface area is 305 Å². The maximum Gasteiger partial charge on any atom is 2.00 e. The van der Waals surface area contributed by atoms with E-state index in [-0.39, 0.29) is 69.4 Å². The fraction of sp³-hybridized carbons (Fsp3) is 0.944. The van der Waals surface area contributed by atoms with E-state index < -0.39 is 11.9 Å². The maximum atomic E-state index is 10.2. The molecule has 0 saturated heterocycles. The van der Waals surface area contributed by atoms with Gasteiger partial charge in [-0.2, -0.15) is 0 Å². The predicted octanol–water partition coefficient (Wildman–Crippen LogP) is 6.62. The Balaban J connectivity index is -0.000000328. The Morgan fingerprint density at radius 3 is 0.619 bits per heavy atom. The molecule has 0 atom stereocenters. The number of carbonyl (C=O) groups excluding carboxylic acids is 2. The van der Waals surface area contributed by atoms with Gasteiger partial charge in [0.1, 0.15) is 0 Å². The van der Waals surface area contributed by atoms with Gasteiger partial charge in [0.25, 0.3) is 0 Å². The average molecular weight is 614 g/mol. The number of rotatable bonds is 32. The number of hydrogen-bond acceptors (Lipinski definition) is 4. The number of hydrogen-bond donors (Lipinski definition) is 0. The first-order chi connectivity index (χ1) is 19.5.